The van der Waals surface area contributed by atoms with Crippen molar-refractivity contribution in [2.24, 2.45) is 0 Å². The second-order valence-corrected chi connectivity index (χ2v) is 5.55. The van der Waals surface area contributed by atoms with Crippen LogP contribution in [0.15, 0.2) is 30.3 Å². The zero-order valence-electron chi connectivity index (χ0n) is 11.9. The molecule has 1 saturated heterocycles. The van der Waals surface area contributed by atoms with E-state index in [2.05, 4.69) is 60.2 Å². The summed E-state index contributed by atoms with van der Waals surface area (Å²) in [4.78, 5) is 4.85. The van der Waals surface area contributed by atoms with E-state index in [1.165, 1.54) is 12.0 Å². The van der Waals surface area contributed by atoms with Gasteiger partial charge in [-0.05, 0) is 32.5 Å². The Morgan fingerprint density at radius 2 is 2.05 bits per heavy atom. The van der Waals surface area contributed by atoms with Crippen molar-refractivity contribution in [1.82, 2.24) is 9.80 Å². The number of benzene rings is 1. The van der Waals surface area contributed by atoms with Crippen LogP contribution in [0.2, 0.25) is 0 Å². The molecule has 1 aliphatic heterocycles. The molecule has 0 saturated carbocycles. The SMILES string of the molecule is CC1CCN(C)C(CC#N)CN1Cc1ccccc1. The quantitative estimate of drug-likeness (QED) is 0.833. The van der Waals surface area contributed by atoms with Crippen LogP contribution in [0.1, 0.15) is 25.3 Å². The third-order valence-corrected chi connectivity index (χ3v) is 4.15. The van der Waals surface area contributed by atoms with Crippen molar-refractivity contribution < 1.29 is 0 Å². The Morgan fingerprint density at radius 1 is 1.32 bits per heavy atom. The minimum Gasteiger partial charge on any atom is -0.301 e. The van der Waals surface area contributed by atoms with Gasteiger partial charge in [-0.2, -0.15) is 5.26 Å². The molecule has 0 aromatic heterocycles. The van der Waals surface area contributed by atoms with Crippen LogP contribution < -0.4 is 0 Å². The second-order valence-electron chi connectivity index (χ2n) is 5.55. The number of nitrogens with zero attached hydrogens (tertiary/aromatic N) is 3. The van der Waals surface area contributed by atoms with Gasteiger partial charge in [-0.15, -0.1) is 0 Å². The number of nitriles is 1. The van der Waals surface area contributed by atoms with Crippen molar-refractivity contribution in [2.45, 2.75) is 38.4 Å². The van der Waals surface area contributed by atoms with Gasteiger partial charge in [-0.3, -0.25) is 4.90 Å². The van der Waals surface area contributed by atoms with Crippen LogP contribution >= 0.6 is 0 Å². The maximum absolute atomic E-state index is 8.97. The van der Waals surface area contributed by atoms with E-state index in [1.54, 1.807) is 0 Å². The number of likely N-dealkylation sites (N-methyl/N-ethyl adjacent to an activating group) is 1. The van der Waals surface area contributed by atoms with Gasteiger partial charge >= 0.3 is 0 Å². The fourth-order valence-electron chi connectivity index (χ4n) is 2.71. The molecule has 3 heteroatoms. The highest BCUT2D eigenvalue weighted by atomic mass is 15.2. The Morgan fingerprint density at radius 3 is 2.74 bits per heavy atom. The van der Waals surface area contributed by atoms with Crippen LogP contribution in [-0.2, 0) is 6.54 Å². The highest BCUT2D eigenvalue weighted by Gasteiger charge is 2.26. The first-order valence-electron chi connectivity index (χ1n) is 7.06. The van der Waals surface area contributed by atoms with Gasteiger partial charge < -0.3 is 4.90 Å². The van der Waals surface area contributed by atoms with Crippen LogP contribution in [0.3, 0.4) is 0 Å². The summed E-state index contributed by atoms with van der Waals surface area (Å²) in [5.74, 6) is 0. The van der Waals surface area contributed by atoms with Crippen LogP contribution in [0.5, 0.6) is 0 Å². The number of rotatable bonds is 3. The lowest BCUT2D eigenvalue weighted by Crippen LogP contribution is -2.40. The van der Waals surface area contributed by atoms with Gasteiger partial charge in [-0.1, -0.05) is 30.3 Å². The third kappa shape index (κ3) is 3.79. The summed E-state index contributed by atoms with van der Waals surface area (Å²) < 4.78 is 0. The van der Waals surface area contributed by atoms with Crippen LogP contribution in [0.25, 0.3) is 0 Å². The summed E-state index contributed by atoms with van der Waals surface area (Å²) in [5, 5.41) is 8.97. The first kappa shape index (κ1) is 14.0. The molecule has 1 aromatic carbocycles. The standard InChI is InChI=1S/C16H23N3/c1-14-9-11-18(2)16(8-10-17)13-19(14)12-15-6-4-3-5-7-15/h3-7,14,16H,8-9,11-13H2,1-2H3. The smallest absolute Gasteiger partial charge is 0.0638 e. The molecule has 19 heavy (non-hydrogen) atoms. The molecule has 0 amide bonds. The molecular formula is C16H23N3. The van der Waals surface area contributed by atoms with Crippen LogP contribution in [0, 0.1) is 11.3 Å². The average molecular weight is 257 g/mol. The van der Waals surface area contributed by atoms with Gasteiger partial charge in [0.15, 0.2) is 0 Å². The molecule has 0 N–H and O–H groups in total. The van der Waals surface area contributed by atoms with Gasteiger partial charge in [0.05, 0.1) is 12.5 Å². The van der Waals surface area contributed by atoms with E-state index >= 15 is 0 Å². The normalized spacial score (nSPS) is 25.7. The summed E-state index contributed by atoms with van der Waals surface area (Å²) in [7, 11) is 2.14. The molecule has 1 aliphatic rings. The molecule has 0 radical (unpaired) electrons. The monoisotopic (exact) mass is 257 g/mol. The zero-order chi connectivity index (χ0) is 13.7. The minimum absolute atomic E-state index is 0.360. The predicted molar refractivity (Wildman–Crippen MR) is 77.6 cm³/mol. The Bertz CT molecular complexity index is 423. The molecule has 1 fully saturated rings. The van der Waals surface area contributed by atoms with Gasteiger partial charge in [0.25, 0.3) is 0 Å². The van der Waals surface area contributed by atoms with Crippen molar-refractivity contribution in [3.05, 3.63) is 35.9 Å². The van der Waals surface area contributed by atoms with E-state index < -0.39 is 0 Å². The largest absolute Gasteiger partial charge is 0.301 e. The lowest BCUT2D eigenvalue weighted by atomic mass is 10.1. The lowest BCUT2D eigenvalue weighted by Gasteiger charge is -2.30. The van der Waals surface area contributed by atoms with E-state index in [9.17, 15) is 0 Å². The van der Waals surface area contributed by atoms with Gasteiger partial charge in [0.1, 0.15) is 0 Å². The van der Waals surface area contributed by atoms with E-state index in [0.717, 1.165) is 19.6 Å². The topological polar surface area (TPSA) is 30.3 Å². The fourth-order valence-corrected chi connectivity index (χ4v) is 2.71. The van der Waals surface area contributed by atoms with Gasteiger partial charge in [0, 0.05) is 25.2 Å². The maximum Gasteiger partial charge on any atom is 0.0638 e. The first-order valence-corrected chi connectivity index (χ1v) is 7.06. The molecule has 2 atom stereocenters. The fraction of sp³-hybridized carbons (Fsp3) is 0.562. The van der Waals surface area contributed by atoms with Crippen LogP contribution in [-0.4, -0.2) is 42.0 Å². The predicted octanol–water partition coefficient (Wildman–Crippen LogP) is 2.49. The van der Waals surface area contributed by atoms with Crippen molar-refractivity contribution in [3.8, 4) is 6.07 Å². The highest BCUT2D eigenvalue weighted by molar-refractivity contribution is 5.14. The molecule has 2 unspecified atom stereocenters. The molecule has 0 spiro atoms. The molecule has 102 valence electrons. The van der Waals surface area contributed by atoms with Crippen LogP contribution in [0.4, 0.5) is 0 Å². The first-order chi connectivity index (χ1) is 9.20. The third-order valence-electron chi connectivity index (χ3n) is 4.15. The molecule has 0 aliphatic carbocycles. The maximum atomic E-state index is 8.97. The average Bonchev–Trinajstić information content (AvgIpc) is 2.55. The van der Waals surface area contributed by atoms with E-state index in [0.29, 0.717) is 18.5 Å². The summed E-state index contributed by atoms with van der Waals surface area (Å²) >= 11 is 0. The molecular weight excluding hydrogens is 234 g/mol. The second kappa shape index (κ2) is 6.70. The van der Waals surface area contributed by atoms with E-state index in [1.807, 2.05) is 0 Å². The number of hydrogen-bond acceptors (Lipinski definition) is 3. The summed E-state index contributed by atoms with van der Waals surface area (Å²) in [5.41, 5.74) is 1.36. The highest BCUT2D eigenvalue weighted by Crippen LogP contribution is 2.18. The van der Waals surface area contributed by atoms with Crippen molar-refractivity contribution in [3.63, 3.8) is 0 Å². The molecule has 1 heterocycles. The summed E-state index contributed by atoms with van der Waals surface area (Å²) in [6.07, 6.45) is 1.79. The molecule has 2 rings (SSSR count). The molecule has 3 nitrogen and oxygen atoms in total. The zero-order valence-corrected chi connectivity index (χ0v) is 11.9. The summed E-state index contributed by atoms with van der Waals surface area (Å²) in [6, 6.07) is 13.9. The van der Waals surface area contributed by atoms with Crippen molar-refractivity contribution in [1.29, 1.82) is 5.26 Å². The van der Waals surface area contributed by atoms with E-state index in [-0.39, 0.29) is 0 Å². The Balaban J connectivity index is 2.07. The van der Waals surface area contributed by atoms with Gasteiger partial charge in [-0.25, -0.2) is 0 Å². The van der Waals surface area contributed by atoms with Crippen molar-refractivity contribution in [2.75, 3.05) is 20.1 Å². The Kier molecular flexibility index (Phi) is 4.95. The molecule has 0 bridgehead atoms. The lowest BCUT2D eigenvalue weighted by molar-refractivity contribution is 0.175. The van der Waals surface area contributed by atoms with Crippen molar-refractivity contribution >= 4 is 0 Å². The number of hydrogen-bond donors (Lipinski definition) is 0. The minimum atomic E-state index is 0.360. The Labute approximate surface area is 116 Å². The Hall–Kier alpha value is -1.37. The summed E-state index contributed by atoms with van der Waals surface area (Å²) in [6.45, 7) is 5.35. The van der Waals surface area contributed by atoms with E-state index in [4.69, 9.17) is 5.26 Å². The molecule has 1 aromatic rings. The van der Waals surface area contributed by atoms with Gasteiger partial charge in [0.2, 0.25) is 0 Å².